The van der Waals surface area contributed by atoms with E-state index in [-0.39, 0.29) is 5.91 Å². The van der Waals surface area contributed by atoms with E-state index in [1.165, 1.54) is 0 Å². The lowest BCUT2D eigenvalue weighted by Crippen LogP contribution is -2.39. The smallest absolute Gasteiger partial charge is 0.254 e. The topological polar surface area (TPSA) is 44.8 Å². The molecule has 0 bridgehead atoms. The monoisotopic (exact) mass is 251 g/mol. The Morgan fingerprint density at radius 1 is 1.41 bits per heavy atom. The van der Waals surface area contributed by atoms with E-state index in [1.54, 1.807) is 23.5 Å². The molecule has 0 spiro atoms. The molecule has 1 fully saturated rings. The number of carbonyl (C=O) groups excluding carboxylic acids is 1. The number of hydrogen-bond donors (Lipinski definition) is 1. The van der Waals surface area contributed by atoms with E-state index in [0.717, 1.165) is 30.3 Å². The minimum Gasteiger partial charge on any atom is -0.337 e. The van der Waals surface area contributed by atoms with E-state index in [9.17, 15) is 4.79 Å². The number of nitrogens with zero attached hydrogens (tertiary/aromatic N) is 2. The number of fused-ring (bicyclic) bond motifs is 1. The molecule has 5 nitrogen and oxygen atoms in total. The van der Waals surface area contributed by atoms with Gasteiger partial charge in [-0.05, 0) is 12.2 Å². The lowest BCUT2D eigenvalue weighted by atomic mass is 10.1. The second-order valence-electron chi connectivity index (χ2n) is 3.92. The molecule has 0 atom stereocenters. The first-order chi connectivity index (χ1) is 8.34. The summed E-state index contributed by atoms with van der Waals surface area (Å²) < 4.78 is 0. The van der Waals surface area contributed by atoms with Crippen molar-refractivity contribution in [2.45, 2.75) is 0 Å². The first-order valence-corrected chi connectivity index (χ1v) is 6.69. The fourth-order valence-electron chi connectivity index (χ4n) is 1.92. The third kappa shape index (κ3) is 2.05. The molecule has 3 rings (SSSR count). The Morgan fingerprint density at radius 3 is 3.06 bits per heavy atom. The zero-order valence-corrected chi connectivity index (χ0v) is 10.1. The molecule has 6 heteroatoms. The van der Waals surface area contributed by atoms with Crippen molar-refractivity contribution >= 4 is 17.7 Å². The quantitative estimate of drug-likeness (QED) is 0.740. The van der Waals surface area contributed by atoms with Gasteiger partial charge in [0.2, 0.25) is 0 Å². The van der Waals surface area contributed by atoms with Crippen molar-refractivity contribution in [2.24, 2.45) is 0 Å². The predicted octanol–water partition coefficient (Wildman–Crippen LogP) is 0.609. The number of nitrogens with one attached hydrogen (secondary N) is 1. The lowest BCUT2D eigenvalue weighted by molar-refractivity contribution is -0.127. The average Bonchev–Trinajstić information content (AvgIpc) is 2.86. The molecule has 90 valence electrons. The molecule has 3 heterocycles. The third-order valence-electron chi connectivity index (χ3n) is 2.85. The zero-order chi connectivity index (χ0) is 11.7. The van der Waals surface area contributed by atoms with Crippen molar-refractivity contribution in [1.82, 2.24) is 15.4 Å². The van der Waals surface area contributed by atoms with Crippen molar-refractivity contribution in [3.05, 3.63) is 35.8 Å². The van der Waals surface area contributed by atoms with E-state index in [4.69, 9.17) is 4.94 Å². The largest absolute Gasteiger partial charge is 0.337 e. The van der Waals surface area contributed by atoms with E-state index in [2.05, 4.69) is 5.48 Å². The van der Waals surface area contributed by atoms with Gasteiger partial charge in [0.05, 0.1) is 11.9 Å². The molecule has 3 aliphatic heterocycles. The highest BCUT2D eigenvalue weighted by Gasteiger charge is 2.23. The van der Waals surface area contributed by atoms with Crippen LogP contribution in [0.15, 0.2) is 35.8 Å². The summed E-state index contributed by atoms with van der Waals surface area (Å²) in [7, 11) is 0. The van der Waals surface area contributed by atoms with E-state index < -0.39 is 0 Å². The summed E-state index contributed by atoms with van der Waals surface area (Å²) >= 11 is 1.90. The standard InChI is InChI=1S/C11H13N3O2S/c15-11(13-3-5-17-6-4-13)9-1-2-14-10(7-9)8-12-16-14/h1-2,7-8,12H,3-6H2. The Hall–Kier alpha value is -1.40. The van der Waals surface area contributed by atoms with Crippen LogP contribution in [0.25, 0.3) is 0 Å². The van der Waals surface area contributed by atoms with Crippen LogP contribution >= 0.6 is 11.8 Å². The number of amides is 1. The summed E-state index contributed by atoms with van der Waals surface area (Å²) in [6, 6.07) is 0. The van der Waals surface area contributed by atoms with Gasteiger partial charge in [0.25, 0.3) is 5.91 Å². The molecule has 1 N–H and O–H groups in total. The molecule has 17 heavy (non-hydrogen) atoms. The summed E-state index contributed by atoms with van der Waals surface area (Å²) in [5, 5.41) is 1.59. The van der Waals surface area contributed by atoms with Gasteiger partial charge in [0.15, 0.2) is 0 Å². The molecule has 1 amide bonds. The minimum absolute atomic E-state index is 0.106. The zero-order valence-electron chi connectivity index (χ0n) is 9.26. The van der Waals surface area contributed by atoms with Crippen LogP contribution in [-0.2, 0) is 9.73 Å². The highest BCUT2D eigenvalue weighted by atomic mass is 32.2. The predicted molar refractivity (Wildman–Crippen MR) is 65.3 cm³/mol. The first kappa shape index (κ1) is 10.7. The molecule has 0 radical (unpaired) electrons. The molecule has 0 aromatic carbocycles. The van der Waals surface area contributed by atoms with Gasteiger partial charge in [0, 0.05) is 36.4 Å². The Morgan fingerprint density at radius 2 is 2.24 bits per heavy atom. The van der Waals surface area contributed by atoms with Crippen LogP contribution in [0.1, 0.15) is 0 Å². The van der Waals surface area contributed by atoms with Crippen molar-refractivity contribution in [3.8, 4) is 0 Å². The van der Waals surface area contributed by atoms with Crippen LogP contribution in [0.2, 0.25) is 0 Å². The van der Waals surface area contributed by atoms with Crippen LogP contribution in [0, 0.1) is 0 Å². The maximum absolute atomic E-state index is 12.2. The number of allylic oxidation sites excluding steroid dienone is 1. The molecule has 0 aromatic rings. The van der Waals surface area contributed by atoms with Crippen LogP contribution < -0.4 is 5.48 Å². The molecular weight excluding hydrogens is 238 g/mol. The Balaban J connectivity index is 1.75. The maximum Gasteiger partial charge on any atom is 0.254 e. The summed E-state index contributed by atoms with van der Waals surface area (Å²) in [5.41, 5.74) is 4.21. The summed E-state index contributed by atoms with van der Waals surface area (Å²) in [6.07, 6.45) is 7.10. The minimum atomic E-state index is 0.106. The number of rotatable bonds is 1. The van der Waals surface area contributed by atoms with Gasteiger partial charge in [-0.3, -0.25) is 4.79 Å². The molecular formula is C11H13N3O2S. The van der Waals surface area contributed by atoms with Crippen molar-refractivity contribution < 1.29 is 9.73 Å². The van der Waals surface area contributed by atoms with Gasteiger partial charge < -0.3 is 4.90 Å². The SMILES string of the molecule is O=C(C1=CC2=CNON2C=C1)N1CCSCC1. The fourth-order valence-corrected chi connectivity index (χ4v) is 2.82. The summed E-state index contributed by atoms with van der Waals surface area (Å²) in [5.74, 6) is 2.17. The van der Waals surface area contributed by atoms with Gasteiger partial charge in [-0.1, -0.05) is 0 Å². The van der Waals surface area contributed by atoms with Gasteiger partial charge in [-0.2, -0.15) is 16.7 Å². The average molecular weight is 251 g/mol. The fraction of sp³-hybridized carbons (Fsp3) is 0.364. The van der Waals surface area contributed by atoms with Crippen molar-refractivity contribution in [2.75, 3.05) is 24.6 Å². The Bertz CT molecular complexity index is 424. The van der Waals surface area contributed by atoms with Crippen LogP contribution in [0.5, 0.6) is 0 Å². The Kier molecular flexibility index (Phi) is 2.82. The third-order valence-corrected chi connectivity index (χ3v) is 3.79. The van der Waals surface area contributed by atoms with Crippen molar-refractivity contribution in [3.63, 3.8) is 0 Å². The molecule has 0 saturated carbocycles. The summed E-state index contributed by atoms with van der Waals surface area (Å²) in [6.45, 7) is 1.68. The van der Waals surface area contributed by atoms with Gasteiger partial charge in [0.1, 0.15) is 0 Å². The van der Waals surface area contributed by atoms with Crippen LogP contribution in [-0.4, -0.2) is 40.5 Å². The number of hydrogen-bond acceptors (Lipinski definition) is 5. The number of carbonyl (C=O) groups is 1. The normalized spacial score (nSPS) is 22.8. The highest BCUT2D eigenvalue weighted by Crippen LogP contribution is 2.22. The maximum atomic E-state index is 12.2. The first-order valence-electron chi connectivity index (χ1n) is 5.53. The van der Waals surface area contributed by atoms with E-state index in [1.807, 2.05) is 22.7 Å². The van der Waals surface area contributed by atoms with Crippen molar-refractivity contribution in [1.29, 1.82) is 0 Å². The highest BCUT2D eigenvalue weighted by molar-refractivity contribution is 7.99. The molecule has 1 saturated heterocycles. The van der Waals surface area contributed by atoms with Gasteiger partial charge in [-0.15, -0.1) is 0 Å². The lowest BCUT2D eigenvalue weighted by Gasteiger charge is -2.27. The molecule has 0 unspecified atom stereocenters. The second kappa shape index (κ2) is 4.46. The number of thioether (sulfide) groups is 1. The Labute approximate surface area is 104 Å². The second-order valence-corrected chi connectivity index (χ2v) is 5.15. The van der Waals surface area contributed by atoms with Crippen LogP contribution in [0.4, 0.5) is 0 Å². The van der Waals surface area contributed by atoms with E-state index in [0.29, 0.717) is 5.57 Å². The molecule has 0 aliphatic carbocycles. The number of hydroxylamine groups is 3. The van der Waals surface area contributed by atoms with Crippen LogP contribution in [0.3, 0.4) is 0 Å². The van der Waals surface area contributed by atoms with Gasteiger partial charge >= 0.3 is 0 Å². The van der Waals surface area contributed by atoms with Gasteiger partial charge in [-0.25, -0.2) is 10.5 Å². The van der Waals surface area contributed by atoms with E-state index >= 15 is 0 Å². The molecule has 3 aliphatic rings. The molecule has 0 aromatic heterocycles. The summed E-state index contributed by atoms with van der Waals surface area (Å²) in [4.78, 5) is 19.2.